The van der Waals surface area contributed by atoms with Crippen molar-refractivity contribution >= 4 is 28.5 Å². The molecule has 0 spiro atoms. The minimum atomic E-state index is -1.07. The molecule has 2 aromatic rings. The number of carbonyl (C=O) groups is 1. The topological polar surface area (TPSA) is 70.4 Å². The van der Waals surface area contributed by atoms with Gasteiger partial charge in [0.15, 0.2) is 0 Å². The Morgan fingerprint density at radius 3 is 2.69 bits per heavy atom. The maximum atomic E-state index is 11.0. The zero-order chi connectivity index (χ0) is 11.9. The van der Waals surface area contributed by atoms with Crippen LogP contribution in [0, 0.1) is 6.92 Å². The van der Waals surface area contributed by atoms with Crippen molar-refractivity contribution in [1.82, 2.24) is 4.98 Å². The summed E-state index contributed by atoms with van der Waals surface area (Å²) in [5.41, 5.74) is 0.865. The molecule has 2 N–H and O–H groups in total. The van der Waals surface area contributed by atoms with Crippen molar-refractivity contribution in [2.24, 2.45) is 0 Å². The number of rotatable bonds is 1. The number of fused-ring (bicyclic) bond motifs is 1. The van der Waals surface area contributed by atoms with Gasteiger partial charge in [-0.1, -0.05) is 11.6 Å². The summed E-state index contributed by atoms with van der Waals surface area (Å²) in [6.45, 7) is 1.67. The molecule has 5 heteroatoms. The minimum Gasteiger partial charge on any atom is -0.506 e. The Morgan fingerprint density at radius 1 is 1.38 bits per heavy atom. The van der Waals surface area contributed by atoms with Gasteiger partial charge in [-0.25, -0.2) is 9.78 Å². The largest absolute Gasteiger partial charge is 0.506 e. The van der Waals surface area contributed by atoms with E-state index in [4.69, 9.17) is 16.7 Å². The molecule has 0 aliphatic carbocycles. The van der Waals surface area contributed by atoms with Gasteiger partial charge >= 0.3 is 5.97 Å². The second kappa shape index (κ2) is 3.64. The number of aromatic hydroxyl groups is 1. The molecular weight excluding hydrogens is 230 g/mol. The van der Waals surface area contributed by atoms with Gasteiger partial charge in [-0.3, -0.25) is 0 Å². The molecule has 0 aliphatic rings. The lowest BCUT2D eigenvalue weighted by Gasteiger charge is -2.06. The van der Waals surface area contributed by atoms with Crippen molar-refractivity contribution in [3.63, 3.8) is 0 Å². The average Bonchev–Trinajstić information content (AvgIpc) is 2.18. The molecule has 0 atom stereocenters. The number of halogens is 1. The lowest BCUT2D eigenvalue weighted by Crippen LogP contribution is -2.00. The van der Waals surface area contributed by atoms with E-state index in [2.05, 4.69) is 4.98 Å². The van der Waals surface area contributed by atoms with Gasteiger partial charge in [0.2, 0.25) is 0 Å². The molecule has 0 saturated heterocycles. The van der Waals surface area contributed by atoms with Crippen LogP contribution in [0.2, 0.25) is 5.02 Å². The van der Waals surface area contributed by atoms with Crippen LogP contribution in [0.5, 0.6) is 5.75 Å². The lowest BCUT2D eigenvalue weighted by atomic mass is 10.1. The summed E-state index contributed by atoms with van der Waals surface area (Å²) in [6.07, 6.45) is 0. The molecule has 4 nitrogen and oxygen atoms in total. The van der Waals surface area contributed by atoms with Gasteiger partial charge in [-0.05, 0) is 19.1 Å². The molecule has 0 aliphatic heterocycles. The number of aryl methyl sites for hydroxylation is 1. The number of aromatic carboxylic acids is 1. The van der Waals surface area contributed by atoms with Crippen LogP contribution in [-0.2, 0) is 0 Å². The van der Waals surface area contributed by atoms with Crippen molar-refractivity contribution in [3.05, 3.63) is 34.5 Å². The van der Waals surface area contributed by atoms with Crippen molar-refractivity contribution in [2.45, 2.75) is 6.92 Å². The van der Waals surface area contributed by atoms with Gasteiger partial charge in [-0.15, -0.1) is 0 Å². The van der Waals surface area contributed by atoms with E-state index in [1.807, 2.05) is 0 Å². The summed E-state index contributed by atoms with van der Waals surface area (Å²) in [5.74, 6) is -1.19. The number of nitrogens with zero attached hydrogens (tertiary/aromatic N) is 1. The van der Waals surface area contributed by atoms with Gasteiger partial charge in [0, 0.05) is 22.2 Å². The van der Waals surface area contributed by atoms with Gasteiger partial charge in [0.25, 0.3) is 0 Å². The fraction of sp³-hybridized carbons (Fsp3) is 0.0909. The highest BCUT2D eigenvalue weighted by Gasteiger charge is 2.13. The Balaban J connectivity index is 2.95. The Labute approximate surface area is 96.1 Å². The van der Waals surface area contributed by atoms with E-state index >= 15 is 0 Å². The quantitative estimate of drug-likeness (QED) is 0.800. The van der Waals surface area contributed by atoms with E-state index in [0.717, 1.165) is 0 Å². The molecule has 82 valence electrons. The second-order valence-electron chi connectivity index (χ2n) is 3.44. The number of hydrogen-bond acceptors (Lipinski definition) is 3. The first kappa shape index (κ1) is 10.7. The number of phenolic OH excluding ortho intramolecular Hbond substituents is 1. The molecule has 2 rings (SSSR count). The number of aromatic nitrogens is 1. The third kappa shape index (κ3) is 1.67. The van der Waals surface area contributed by atoms with Crippen LogP contribution in [0.15, 0.2) is 18.2 Å². The third-order valence-corrected chi connectivity index (χ3v) is 2.43. The van der Waals surface area contributed by atoms with Crippen LogP contribution in [0.4, 0.5) is 0 Å². The Hall–Kier alpha value is -1.81. The Bertz CT molecular complexity index is 595. The highest BCUT2D eigenvalue weighted by atomic mass is 35.5. The molecule has 16 heavy (non-hydrogen) atoms. The standard InChI is InChI=1S/C11H8ClNO3/c1-5-2-8(11(15)16)7-3-6(12)4-9(14)10(7)13-5/h2-4,14H,1H3,(H,15,16). The van der Waals surface area contributed by atoms with E-state index in [-0.39, 0.29) is 21.9 Å². The molecule has 0 saturated carbocycles. The summed E-state index contributed by atoms with van der Waals surface area (Å²) in [5, 5.41) is 19.3. The minimum absolute atomic E-state index is 0.0836. The maximum Gasteiger partial charge on any atom is 0.336 e. The summed E-state index contributed by atoms with van der Waals surface area (Å²) in [4.78, 5) is 15.1. The van der Waals surface area contributed by atoms with Gasteiger partial charge < -0.3 is 10.2 Å². The third-order valence-electron chi connectivity index (χ3n) is 2.22. The zero-order valence-corrected chi connectivity index (χ0v) is 9.12. The normalized spacial score (nSPS) is 10.6. The Kier molecular flexibility index (Phi) is 2.44. The van der Waals surface area contributed by atoms with Crippen LogP contribution in [0.3, 0.4) is 0 Å². The first-order chi connectivity index (χ1) is 7.49. The van der Waals surface area contributed by atoms with Crippen LogP contribution in [0.25, 0.3) is 10.9 Å². The SMILES string of the molecule is Cc1cc(C(=O)O)c2cc(Cl)cc(O)c2n1. The van der Waals surface area contributed by atoms with E-state index in [9.17, 15) is 9.90 Å². The number of benzene rings is 1. The van der Waals surface area contributed by atoms with E-state index in [1.165, 1.54) is 18.2 Å². The van der Waals surface area contributed by atoms with E-state index in [0.29, 0.717) is 11.1 Å². The smallest absolute Gasteiger partial charge is 0.336 e. The summed E-state index contributed by atoms with van der Waals surface area (Å²) < 4.78 is 0. The monoisotopic (exact) mass is 237 g/mol. The number of carboxylic acid groups (broad SMARTS) is 1. The predicted molar refractivity (Wildman–Crippen MR) is 60.1 cm³/mol. The predicted octanol–water partition coefficient (Wildman–Crippen LogP) is 2.60. The van der Waals surface area contributed by atoms with E-state index < -0.39 is 5.97 Å². The summed E-state index contributed by atoms with van der Waals surface area (Å²) in [6, 6.07) is 4.26. The van der Waals surface area contributed by atoms with Crippen LogP contribution >= 0.6 is 11.6 Å². The van der Waals surface area contributed by atoms with Crippen LogP contribution < -0.4 is 0 Å². The molecule has 0 fully saturated rings. The lowest BCUT2D eigenvalue weighted by molar-refractivity contribution is 0.0699. The number of phenols is 1. The molecule has 1 aromatic heterocycles. The maximum absolute atomic E-state index is 11.0. The van der Waals surface area contributed by atoms with Crippen molar-refractivity contribution in [1.29, 1.82) is 0 Å². The van der Waals surface area contributed by atoms with Crippen molar-refractivity contribution in [3.8, 4) is 5.75 Å². The van der Waals surface area contributed by atoms with Crippen LogP contribution in [-0.4, -0.2) is 21.2 Å². The van der Waals surface area contributed by atoms with Crippen LogP contribution in [0.1, 0.15) is 16.1 Å². The first-order valence-corrected chi connectivity index (χ1v) is 4.90. The number of hydrogen-bond donors (Lipinski definition) is 2. The average molecular weight is 238 g/mol. The molecule has 0 amide bonds. The molecule has 0 radical (unpaired) electrons. The fourth-order valence-corrected chi connectivity index (χ4v) is 1.79. The van der Waals surface area contributed by atoms with Crippen molar-refractivity contribution in [2.75, 3.05) is 0 Å². The Morgan fingerprint density at radius 2 is 2.06 bits per heavy atom. The fourth-order valence-electron chi connectivity index (χ4n) is 1.58. The molecular formula is C11H8ClNO3. The molecule has 0 unspecified atom stereocenters. The number of carboxylic acids is 1. The van der Waals surface area contributed by atoms with E-state index in [1.54, 1.807) is 6.92 Å². The summed E-state index contributed by atoms with van der Waals surface area (Å²) in [7, 11) is 0. The summed E-state index contributed by atoms with van der Waals surface area (Å²) >= 11 is 5.76. The highest BCUT2D eigenvalue weighted by Crippen LogP contribution is 2.30. The van der Waals surface area contributed by atoms with Gasteiger partial charge in [-0.2, -0.15) is 0 Å². The number of pyridine rings is 1. The molecule has 0 bridgehead atoms. The second-order valence-corrected chi connectivity index (χ2v) is 3.87. The molecule has 1 heterocycles. The van der Waals surface area contributed by atoms with Gasteiger partial charge in [0.05, 0.1) is 5.56 Å². The molecule has 1 aromatic carbocycles. The van der Waals surface area contributed by atoms with Gasteiger partial charge in [0.1, 0.15) is 11.3 Å². The first-order valence-electron chi connectivity index (χ1n) is 4.52. The highest BCUT2D eigenvalue weighted by molar-refractivity contribution is 6.31. The van der Waals surface area contributed by atoms with Crippen molar-refractivity contribution < 1.29 is 15.0 Å². The zero-order valence-electron chi connectivity index (χ0n) is 8.36.